The second-order valence-electron chi connectivity index (χ2n) is 6.12. The van der Waals surface area contributed by atoms with Gasteiger partial charge in [-0.3, -0.25) is 4.79 Å². The molecule has 2 heterocycles. The Labute approximate surface area is 117 Å². The van der Waals surface area contributed by atoms with Gasteiger partial charge in [0.2, 0.25) is 5.91 Å². The fraction of sp³-hybridized carbons (Fsp3) is 0.929. The van der Waals surface area contributed by atoms with Gasteiger partial charge in [-0.15, -0.1) is 12.4 Å². The number of likely N-dealkylation sites (tertiary alicyclic amines) is 1. The molecule has 0 aliphatic carbocycles. The van der Waals surface area contributed by atoms with E-state index in [9.17, 15) is 4.79 Å². The van der Waals surface area contributed by atoms with Crippen LogP contribution < -0.4 is 5.32 Å². The number of hydrogen-bond acceptors (Lipinski definition) is 2. The van der Waals surface area contributed by atoms with Gasteiger partial charge < -0.3 is 10.2 Å². The minimum Gasteiger partial charge on any atom is -0.342 e. The summed E-state index contributed by atoms with van der Waals surface area (Å²) >= 11 is 0. The lowest BCUT2D eigenvalue weighted by atomic mass is 9.97. The number of carbonyl (C=O) groups excluding carboxylic acids is 1. The van der Waals surface area contributed by atoms with Crippen LogP contribution in [0.5, 0.6) is 0 Å². The first kappa shape index (κ1) is 15.8. The molecule has 3 nitrogen and oxygen atoms in total. The molecule has 18 heavy (non-hydrogen) atoms. The molecule has 0 saturated carbocycles. The number of nitrogens with one attached hydrogen (secondary N) is 1. The summed E-state index contributed by atoms with van der Waals surface area (Å²) in [4.78, 5) is 14.2. The summed E-state index contributed by atoms with van der Waals surface area (Å²) in [5.41, 5.74) is 0. The average Bonchev–Trinajstić information content (AvgIpc) is 2.87. The van der Waals surface area contributed by atoms with E-state index in [-0.39, 0.29) is 12.4 Å². The molecule has 2 atom stereocenters. The number of halogens is 1. The monoisotopic (exact) mass is 274 g/mol. The first-order valence-electron chi connectivity index (χ1n) is 7.16. The summed E-state index contributed by atoms with van der Waals surface area (Å²) in [6.45, 7) is 7.63. The van der Waals surface area contributed by atoms with Crippen LogP contribution in [-0.2, 0) is 4.79 Å². The van der Waals surface area contributed by atoms with E-state index in [2.05, 4.69) is 24.1 Å². The molecule has 0 bridgehead atoms. The van der Waals surface area contributed by atoms with Crippen molar-refractivity contribution in [3.8, 4) is 0 Å². The Hall–Kier alpha value is -0.280. The summed E-state index contributed by atoms with van der Waals surface area (Å²) in [6.07, 6.45) is 5.60. The molecule has 1 N–H and O–H groups in total. The van der Waals surface area contributed by atoms with E-state index < -0.39 is 0 Å². The Bertz CT molecular complexity index is 265. The van der Waals surface area contributed by atoms with E-state index in [1.165, 1.54) is 25.7 Å². The maximum absolute atomic E-state index is 12.1. The molecule has 0 spiro atoms. The van der Waals surface area contributed by atoms with E-state index >= 15 is 0 Å². The topological polar surface area (TPSA) is 32.3 Å². The van der Waals surface area contributed by atoms with Gasteiger partial charge in [0.05, 0.1) is 0 Å². The van der Waals surface area contributed by atoms with Crippen LogP contribution in [0.3, 0.4) is 0 Å². The summed E-state index contributed by atoms with van der Waals surface area (Å²) in [7, 11) is 0. The SMILES string of the molecule is CC(C)CC1CCN(C(=O)CC2CCCN2)C1.Cl. The van der Waals surface area contributed by atoms with Crippen molar-refractivity contribution < 1.29 is 4.79 Å². The van der Waals surface area contributed by atoms with Crippen LogP contribution in [0.1, 0.15) is 46.0 Å². The van der Waals surface area contributed by atoms with E-state index in [4.69, 9.17) is 0 Å². The van der Waals surface area contributed by atoms with Gasteiger partial charge in [0, 0.05) is 25.6 Å². The van der Waals surface area contributed by atoms with Crippen LogP contribution in [0, 0.1) is 11.8 Å². The highest BCUT2D eigenvalue weighted by Crippen LogP contribution is 2.24. The van der Waals surface area contributed by atoms with Crippen molar-refractivity contribution in [3.05, 3.63) is 0 Å². The standard InChI is InChI=1S/C14H26N2O.ClH/c1-11(2)8-12-5-7-16(10-12)14(17)9-13-4-3-6-15-13;/h11-13,15H,3-10H2,1-2H3;1H. The zero-order valence-corrected chi connectivity index (χ0v) is 12.5. The molecule has 0 aromatic heterocycles. The largest absolute Gasteiger partial charge is 0.342 e. The van der Waals surface area contributed by atoms with Crippen molar-refractivity contribution in [2.45, 2.75) is 52.0 Å². The van der Waals surface area contributed by atoms with Crippen LogP contribution >= 0.6 is 12.4 Å². The third-order valence-electron chi connectivity index (χ3n) is 4.03. The zero-order valence-electron chi connectivity index (χ0n) is 11.7. The Morgan fingerprint density at radius 3 is 2.78 bits per heavy atom. The van der Waals surface area contributed by atoms with Crippen molar-refractivity contribution in [1.29, 1.82) is 0 Å². The molecule has 2 aliphatic rings. The fourth-order valence-corrected chi connectivity index (χ4v) is 3.19. The molecule has 2 fully saturated rings. The molecule has 2 saturated heterocycles. The molecule has 2 aliphatic heterocycles. The number of nitrogens with zero attached hydrogens (tertiary/aromatic N) is 1. The third kappa shape index (κ3) is 4.43. The van der Waals surface area contributed by atoms with E-state index in [0.29, 0.717) is 18.4 Å². The normalized spacial score (nSPS) is 27.6. The number of amides is 1. The van der Waals surface area contributed by atoms with Gasteiger partial charge in [-0.2, -0.15) is 0 Å². The molecular formula is C14H27ClN2O. The van der Waals surface area contributed by atoms with Gasteiger partial charge in [-0.25, -0.2) is 0 Å². The molecule has 0 radical (unpaired) electrons. The third-order valence-corrected chi connectivity index (χ3v) is 4.03. The van der Waals surface area contributed by atoms with Crippen LogP contribution in [0.15, 0.2) is 0 Å². The van der Waals surface area contributed by atoms with Crippen molar-refractivity contribution in [2.24, 2.45) is 11.8 Å². The fourth-order valence-electron chi connectivity index (χ4n) is 3.19. The lowest BCUT2D eigenvalue weighted by molar-refractivity contribution is -0.130. The van der Waals surface area contributed by atoms with Gasteiger partial charge in [0.1, 0.15) is 0 Å². The molecule has 0 aromatic carbocycles. The lowest BCUT2D eigenvalue weighted by Gasteiger charge is -2.19. The van der Waals surface area contributed by atoms with Gasteiger partial charge in [-0.05, 0) is 44.1 Å². The second-order valence-corrected chi connectivity index (χ2v) is 6.12. The predicted molar refractivity (Wildman–Crippen MR) is 77.0 cm³/mol. The maximum atomic E-state index is 12.1. The molecule has 2 unspecified atom stereocenters. The van der Waals surface area contributed by atoms with E-state index in [0.717, 1.165) is 31.5 Å². The maximum Gasteiger partial charge on any atom is 0.224 e. The number of rotatable bonds is 4. The summed E-state index contributed by atoms with van der Waals surface area (Å²) in [6, 6.07) is 0.451. The molecule has 1 amide bonds. The Morgan fingerprint density at radius 1 is 1.39 bits per heavy atom. The Morgan fingerprint density at radius 2 is 2.17 bits per heavy atom. The minimum atomic E-state index is 0. The first-order chi connectivity index (χ1) is 8.15. The van der Waals surface area contributed by atoms with Gasteiger partial charge >= 0.3 is 0 Å². The first-order valence-corrected chi connectivity index (χ1v) is 7.16. The minimum absolute atomic E-state index is 0. The van der Waals surface area contributed by atoms with Crippen LogP contribution in [0.4, 0.5) is 0 Å². The van der Waals surface area contributed by atoms with E-state index in [1.54, 1.807) is 0 Å². The molecule has 2 rings (SSSR count). The van der Waals surface area contributed by atoms with E-state index in [1.807, 2.05) is 0 Å². The predicted octanol–water partition coefficient (Wildman–Crippen LogP) is 2.44. The highest BCUT2D eigenvalue weighted by molar-refractivity contribution is 5.85. The highest BCUT2D eigenvalue weighted by atomic mass is 35.5. The van der Waals surface area contributed by atoms with Crippen LogP contribution in [0.2, 0.25) is 0 Å². The molecule has 4 heteroatoms. The summed E-state index contributed by atoms with van der Waals surface area (Å²) < 4.78 is 0. The molecule has 0 aromatic rings. The summed E-state index contributed by atoms with van der Waals surface area (Å²) in [5.74, 6) is 1.87. The van der Waals surface area contributed by atoms with Gasteiger partial charge in [0.15, 0.2) is 0 Å². The lowest BCUT2D eigenvalue weighted by Crippen LogP contribution is -2.34. The molecular weight excluding hydrogens is 248 g/mol. The van der Waals surface area contributed by atoms with Gasteiger partial charge in [-0.1, -0.05) is 13.8 Å². The van der Waals surface area contributed by atoms with Crippen molar-refractivity contribution in [1.82, 2.24) is 10.2 Å². The quantitative estimate of drug-likeness (QED) is 0.854. The number of carbonyl (C=O) groups is 1. The van der Waals surface area contributed by atoms with Crippen LogP contribution in [0.25, 0.3) is 0 Å². The average molecular weight is 275 g/mol. The second kappa shape index (κ2) is 7.34. The number of hydrogen-bond donors (Lipinski definition) is 1. The van der Waals surface area contributed by atoms with Gasteiger partial charge in [0.25, 0.3) is 0 Å². The highest BCUT2D eigenvalue weighted by Gasteiger charge is 2.28. The Kier molecular flexibility index (Phi) is 6.44. The summed E-state index contributed by atoms with van der Waals surface area (Å²) in [5, 5.41) is 3.41. The van der Waals surface area contributed by atoms with Crippen molar-refractivity contribution >= 4 is 18.3 Å². The van der Waals surface area contributed by atoms with Crippen molar-refractivity contribution in [3.63, 3.8) is 0 Å². The molecule has 106 valence electrons. The Balaban J connectivity index is 0.00000162. The van der Waals surface area contributed by atoms with Crippen LogP contribution in [-0.4, -0.2) is 36.5 Å². The zero-order chi connectivity index (χ0) is 12.3. The smallest absolute Gasteiger partial charge is 0.224 e. The van der Waals surface area contributed by atoms with Crippen molar-refractivity contribution in [2.75, 3.05) is 19.6 Å².